The molecule has 1 saturated heterocycles. The van der Waals surface area contributed by atoms with E-state index in [4.69, 9.17) is 0 Å². The molecular weight excluding hydrogens is 234 g/mol. The summed E-state index contributed by atoms with van der Waals surface area (Å²) in [5, 5.41) is 0. The second-order valence-electron chi connectivity index (χ2n) is 5.47. The third-order valence-electron chi connectivity index (χ3n) is 3.68. The van der Waals surface area contributed by atoms with Gasteiger partial charge in [0.2, 0.25) is 10.0 Å². The summed E-state index contributed by atoms with van der Waals surface area (Å²) in [7, 11) is -2.99. The number of sulfonamides is 1. The van der Waals surface area contributed by atoms with Gasteiger partial charge in [0.15, 0.2) is 0 Å². The van der Waals surface area contributed by atoms with Crippen LogP contribution in [0.15, 0.2) is 0 Å². The van der Waals surface area contributed by atoms with E-state index in [9.17, 15) is 8.42 Å². The molecular formula is C13H27NO2S. The topological polar surface area (TPSA) is 37.4 Å². The second-order valence-corrected chi connectivity index (χ2v) is 7.45. The molecule has 0 radical (unpaired) electrons. The molecule has 0 aliphatic carbocycles. The first-order chi connectivity index (χ1) is 8.00. The second kappa shape index (κ2) is 7.37. The molecule has 1 aliphatic heterocycles. The SMILES string of the molecule is CC1CCCCCN(S(C)(=O)=O)CCCCC1. The highest BCUT2D eigenvalue weighted by molar-refractivity contribution is 7.88. The van der Waals surface area contributed by atoms with Crippen molar-refractivity contribution in [1.29, 1.82) is 0 Å². The Bertz CT molecular complexity index is 287. The maximum atomic E-state index is 11.6. The first kappa shape index (κ1) is 15.0. The van der Waals surface area contributed by atoms with Gasteiger partial charge in [-0.15, -0.1) is 0 Å². The Morgan fingerprint density at radius 1 is 0.882 bits per heavy atom. The van der Waals surface area contributed by atoms with E-state index in [1.807, 2.05) is 0 Å². The lowest BCUT2D eigenvalue weighted by Gasteiger charge is -2.21. The molecule has 0 bridgehead atoms. The van der Waals surface area contributed by atoms with Crippen molar-refractivity contribution in [3.8, 4) is 0 Å². The van der Waals surface area contributed by atoms with Crippen LogP contribution in [0.2, 0.25) is 0 Å². The molecule has 0 spiro atoms. The fraction of sp³-hybridized carbons (Fsp3) is 1.00. The Morgan fingerprint density at radius 3 is 1.76 bits per heavy atom. The normalized spacial score (nSPS) is 23.9. The van der Waals surface area contributed by atoms with Gasteiger partial charge in [0.05, 0.1) is 6.26 Å². The molecule has 0 unspecified atom stereocenters. The minimum Gasteiger partial charge on any atom is -0.213 e. The molecule has 0 aromatic rings. The van der Waals surface area contributed by atoms with Crippen molar-refractivity contribution in [3.05, 3.63) is 0 Å². The van der Waals surface area contributed by atoms with Crippen molar-refractivity contribution in [2.75, 3.05) is 19.3 Å². The predicted octanol–water partition coefficient (Wildman–Crippen LogP) is 3.02. The quantitative estimate of drug-likeness (QED) is 0.727. The Balaban J connectivity index is 2.45. The number of nitrogens with zero attached hydrogens (tertiary/aromatic N) is 1. The molecule has 0 N–H and O–H groups in total. The molecule has 4 heteroatoms. The number of hydrogen-bond acceptors (Lipinski definition) is 2. The molecule has 1 aliphatic rings. The summed E-state index contributed by atoms with van der Waals surface area (Å²) in [6.07, 6.45) is 10.8. The van der Waals surface area contributed by atoms with Crippen LogP contribution in [-0.2, 0) is 10.0 Å². The summed E-state index contributed by atoms with van der Waals surface area (Å²) < 4.78 is 24.8. The fourth-order valence-corrected chi connectivity index (χ4v) is 3.42. The van der Waals surface area contributed by atoms with E-state index >= 15 is 0 Å². The third-order valence-corrected chi connectivity index (χ3v) is 4.98. The lowest BCUT2D eigenvalue weighted by molar-refractivity contribution is 0.362. The van der Waals surface area contributed by atoms with Gasteiger partial charge in [-0.1, -0.05) is 45.4 Å². The van der Waals surface area contributed by atoms with Gasteiger partial charge >= 0.3 is 0 Å². The predicted molar refractivity (Wildman–Crippen MR) is 72.5 cm³/mol. The van der Waals surface area contributed by atoms with E-state index in [0.29, 0.717) is 13.1 Å². The van der Waals surface area contributed by atoms with Crippen LogP contribution in [0.25, 0.3) is 0 Å². The highest BCUT2D eigenvalue weighted by atomic mass is 32.2. The summed E-state index contributed by atoms with van der Waals surface area (Å²) in [6, 6.07) is 0. The Labute approximate surface area is 107 Å². The molecule has 0 saturated carbocycles. The summed E-state index contributed by atoms with van der Waals surface area (Å²) in [4.78, 5) is 0. The maximum Gasteiger partial charge on any atom is 0.211 e. The van der Waals surface area contributed by atoms with Crippen LogP contribution in [-0.4, -0.2) is 32.1 Å². The van der Waals surface area contributed by atoms with Crippen molar-refractivity contribution >= 4 is 10.0 Å². The van der Waals surface area contributed by atoms with Crippen molar-refractivity contribution in [2.24, 2.45) is 5.92 Å². The van der Waals surface area contributed by atoms with Crippen LogP contribution in [0.5, 0.6) is 0 Å². The summed E-state index contributed by atoms with van der Waals surface area (Å²) in [6.45, 7) is 3.77. The highest BCUT2D eigenvalue weighted by Crippen LogP contribution is 2.18. The molecule has 1 rings (SSSR count). The van der Waals surface area contributed by atoms with Crippen LogP contribution in [0.1, 0.15) is 58.3 Å². The molecule has 0 aromatic heterocycles. The van der Waals surface area contributed by atoms with Gasteiger partial charge in [-0.3, -0.25) is 0 Å². The summed E-state index contributed by atoms with van der Waals surface area (Å²) >= 11 is 0. The van der Waals surface area contributed by atoms with E-state index in [1.165, 1.54) is 31.9 Å². The standard InChI is InChI=1S/C13H27NO2S/c1-13-9-5-3-7-11-14(17(2,15)16)12-8-4-6-10-13/h13H,3-12H2,1-2H3. The number of hydrogen-bond donors (Lipinski definition) is 0. The van der Waals surface area contributed by atoms with Crippen LogP contribution >= 0.6 is 0 Å². The Hall–Kier alpha value is -0.0900. The van der Waals surface area contributed by atoms with E-state index in [-0.39, 0.29) is 0 Å². The minimum atomic E-state index is -2.99. The molecule has 3 nitrogen and oxygen atoms in total. The molecule has 0 aromatic carbocycles. The van der Waals surface area contributed by atoms with E-state index in [2.05, 4.69) is 6.92 Å². The molecule has 17 heavy (non-hydrogen) atoms. The fourth-order valence-electron chi connectivity index (χ4n) is 2.50. The van der Waals surface area contributed by atoms with Crippen LogP contribution in [0.4, 0.5) is 0 Å². The Morgan fingerprint density at radius 2 is 1.35 bits per heavy atom. The van der Waals surface area contributed by atoms with Gasteiger partial charge in [0.1, 0.15) is 0 Å². The molecule has 102 valence electrons. The molecule has 1 fully saturated rings. The van der Waals surface area contributed by atoms with Crippen molar-refractivity contribution < 1.29 is 8.42 Å². The zero-order valence-electron chi connectivity index (χ0n) is 11.3. The monoisotopic (exact) mass is 261 g/mol. The van der Waals surface area contributed by atoms with Gasteiger partial charge in [-0.05, 0) is 18.8 Å². The van der Waals surface area contributed by atoms with E-state index in [0.717, 1.165) is 31.6 Å². The summed E-state index contributed by atoms with van der Waals surface area (Å²) in [5.74, 6) is 0.848. The Kier molecular flexibility index (Phi) is 6.49. The van der Waals surface area contributed by atoms with Crippen molar-refractivity contribution in [3.63, 3.8) is 0 Å². The first-order valence-electron chi connectivity index (χ1n) is 6.95. The highest BCUT2D eigenvalue weighted by Gasteiger charge is 2.16. The van der Waals surface area contributed by atoms with E-state index in [1.54, 1.807) is 4.31 Å². The number of rotatable bonds is 1. The largest absolute Gasteiger partial charge is 0.213 e. The van der Waals surface area contributed by atoms with Gasteiger partial charge in [-0.25, -0.2) is 12.7 Å². The van der Waals surface area contributed by atoms with Crippen molar-refractivity contribution in [1.82, 2.24) is 4.31 Å². The van der Waals surface area contributed by atoms with Crippen LogP contribution in [0, 0.1) is 5.92 Å². The summed E-state index contributed by atoms with van der Waals surface area (Å²) in [5.41, 5.74) is 0. The average Bonchev–Trinajstić information content (AvgIpc) is 2.21. The van der Waals surface area contributed by atoms with E-state index < -0.39 is 10.0 Å². The molecule has 0 atom stereocenters. The maximum absolute atomic E-state index is 11.6. The van der Waals surface area contributed by atoms with Gasteiger partial charge in [0.25, 0.3) is 0 Å². The smallest absolute Gasteiger partial charge is 0.211 e. The van der Waals surface area contributed by atoms with Gasteiger partial charge in [-0.2, -0.15) is 0 Å². The zero-order valence-corrected chi connectivity index (χ0v) is 12.1. The first-order valence-corrected chi connectivity index (χ1v) is 8.80. The lowest BCUT2D eigenvalue weighted by Crippen LogP contribution is -2.32. The van der Waals surface area contributed by atoms with Gasteiger partial charge < -0.3 is 0 Å². The average molecular weight is 261 g/mol. The lowest BCUT2D eigenvalue weighted by atomic mass is 9.96. The van der Waals surface area contributed by atoms with Crippen LogP contribution in [0.3, 0.4) is 0 Å². The molecule has 1 heterocycles. The van der Waals surface area contributed by atoms with Crippen LogP contribution < -0.4 is 0 Å². The van der Waals surface area contributed by atoms with Crippen molar-refractivity contribution in [2.45, 2.75) is 58.3 Å². The zero-order chi connectivity index (χ0) is 12.7. The molecule has 0 amide bonds. The third kappa shape index (κ3) is 6.41. The van der Waals surface area contributed by atoms with Gasteiger partial charge in [0, 0.05) is 13.1 Å². The minimum absolute atomic E-state index is 0.715.